The molecule has 1 amide bonds. The van der Waals surface area contributed by atoms with E-state index in [1.54, 1.807) is 12.3 Å². The summed E-state index contributed by atoms with van der Waals surface area (Å²) in [4.78, 5) is 19.8. The van der Waals surface area contributed by atoms with Crippen LogP contribution in [0.5, 0.6) is 5.75 Å². The van der Waals surface area contributed by atoms with Crippen LogP contribution in [0.25, 0.3) is 0 Å². The van der Waals surface area contributed by atoms with Crippen molar-refractivity contribution < 1.29 is 13.9 Å². The Morgan fingerprint density at radius 1 is 1.06 bits per heavy atom. The summed E-state index contributed by atoms with van der Waals surface area (Å²) in [6.07, 6.45) is 3.26. The van der Waals surface area contributed by atoms with Gasteiger partial charge in [-0.3, -0.25) is 14.7 Å². The second-order valence-corrected chi connectivity index (χ2v) is 8.03. The highest BCUT2D eigenvalue weighted by molar-refractivity contribution is 5.79. The van der Waals surface area contributed by atoms with E-state index in [0.29, 0.717) is 17.9 Å². The minimum absolute atomic E-state index is 0.00917. The van der Waals surface area contributed by atoms with Gasteiger partial charge in [0, 0.05) is 18.7 Å². The highest BCUT2D eigenvalue weighted by atomic mass is 19.1. The van der Waals surface area contributed by atoms with Crippen molar-refractivity contribution in [1.82, 2.24) is 15.2 Å². The zero-order valence-electron chi connectivity index (χ0n) is 18.0. The molecule has 0 aliphatic carbocycles. The molecule has 1 fully saturated rings. The highest BCUT2D eigenvalue weighted by Gasteiger charge is 2.28. The molecule has 0 bridgehead atoms. The summed E-state index contributed by atoms with van der Waals surface area (Å²) in [5, 5.41) is 3.11. The van der Waals surface area contributed by atoms with Gasteiger partial charge < -0.3 is 10.1 Å². The number of pyridine rings is 1. The third kappa shape index (κ3) is 5.92. The number of nitrogens with one attached hydrogen (secondary N) is 1. The number of amides is 1. The molecule has 6 heteroatoms. The predicted octanol–water partition coefficient (Wildman–Crippen LogP) is 4.22. The van der Waals surface area contributed by atoms with Crippen molar-refractivity contribution in [2.45, 2.75) is 18.9 Å². The van der Waals surface area contributed by atoms with E-state index < -0.39 is 6.04 Å². The Morgan fingerprint density at radius 2 is 1.84 bits per heavy atom. The number of ether oxygens (including phenoxy) is 1. The topological polar surface area (TPSA) is 54.5 Å². The maximum Gasteiger partial charge on any atom is 0.224 e. The first-order valence-electron chi connectivity index (χ1n) is 11.1. The SMILES string of the molecule is O=C(NC(c1cccc(F)c1)c1ccccn1)C1CCN(CCOc2ccccc2)CC1. The van der Waals surface area contributed by atoms with E-state index in [1.165, 1.54) is 12.1 Å². The number of nitrogens with zero attached hydrogens (tertiary/aromatic N) is 2. The number of hydrogen-bond acceptors (Lipinski definition) is 4. The van der Waals surface area contributed by atoms with E-state index >= 15 is 0 Å². The van der Waals surface area contributed by atoms with Gasteiger partial charge in [-0.05, 0) is 67.9 Å². The zero-order valence-corrected chi connectivity index (χ0v) is 18.0. The second-order valence-electron chi connectivity index (χ2n) is 8.03. The first kappa shape index (κ1) is 22.0. The third-order valence-electron chi connectivity index (χ3n) is 5.83. The number of rotatable bonds is 8. The second kappa shape index (κ2) is 10.9. The number of aromatic nitrogens is 1. The van der Waals surface area contributed by atoms with E-state index in [1.807, 2.05) is 54.6 Å². The lowest BCUT2D eigenvalue weighted by molar-refractivity contribution is -0.127. The molecule has 1 aliphatic heterocycles. The first-order chi connectivity index (χ1) is 15.7. The Balaban J connectivity index is 1.31. The number of halogens is 1. The molecule has 0 radical (unpaired) electrons. The summed E-state index contributed by atoms with van der Waals surface area (Å²) in [6, 6.07) is 21.2. The van der Waals surface area contributed by atoms with E-state index in [0.717, 1.165) is 38.2 Å². The normalized spacial score (nSPS) is 15.8. The Kier molecular flexibility index (Phi) is 7.46. The van der Waals surface area contributed by atoms with Crippen LogP contribution in [0.2, 0.25) is 0 Å². The van der Waals surface area contributed by atoms with Crippen LogP contribution >= 0.6 is 0 Å². The quantitative estimate of drug-likeness (QED) is 0.578. The van der Waals surface area contributed by atoms with Crippen molar-refractivity contribution >= 4 is 5.91 Å². The Hall–Kier alpha value is -3.25. The number of piperidine rings is 1. The molecule has 0 spiro atoms. The molecular weight excluding hydrogens is 405 g/mol. The van der Waals surface area contributed by atoms with Gasteiger partial charge in [0.25, 0.3) is 0 Å². The Bertz CT molecular complexity index is 992. The molecule has 4 rings (SSSR count). The molecule has 1 N–H and O–H groups in total. The zero-order chi connectivity index (χ0) is 22.2. The average molecular weight is 434 g/mol. The van der Waals surface area contributed by atoms with Crippen LogP contribution in [0, 0.1) is 11.7 Å². The number of para-hydroxylation sites is 1. The van der Waals surface area contributed by atoms with Crippen molar-refractivity contribution in [2.24, 2.45) is 5.92 Å². The summed E-state index contributed by atoms with van der Waals surface area (Å²) in [7, 11) is 0. The molecule has 1 atom stereocenters. The largest absolute Gasteiger partial charge is 0.492 e. The first-order valence-corrected chi connectivity index (χ1v) is 11.1. The van der Waals surface area contributed by atoms with Crippen LogP contribution < -0.4 is 10.1 Å². The highest BCUT2D eigenvalue weighted by Crippen LogP contribution is 2.24. The van der Waals surface area contributed by atoms with Crippen molar-refractivity contribution in [3.63, 3.8) is 0 Å². The van der Waals surface area contributed by atoms with Crippen molar-refractivity contribution in [3.05, 3.63) is 96.1 Å². The predicted molar refractivity (Wildman–Crippen MR) is 122 cm³/mol. The van der Waals surface area contributed by atoms with E-state index in [2.05, 4.69) is 15.2 Å². The van der Waals surface area contributed by atoms with Crippen molar-refractivity contribution in [1.29, 1.82) is 0 Å². The summed E-state index contributed by atoms with van der Waals surface area (Å²) >= 11 is 0. The van der Waals surface area contributed by atoms with E-state index in [9.17, 15) is 9.18 Å². The van der Waals surface area contributed by atoms with Crippen LogP contribution in [0.4, 0.5) is 4.39 Å². The summed E-state index contributed by atoms with van der Waals surface area (Å²) < 4.78 is 19.6. The average Bonchev–Trinajstić information content (AvgIpc) is 2.84. The molecule has 5 nitrogen and oxygen atoms in total. The van der Waals surface area contributed by atoms with Gasteiger partial charge >= 0.3 is 0 Å². The maximum absolute atomic E-state index is 13.8. The molecule has 1 saturated heterocycles. The molecular formula is C26H28FN3O2. The number of carbonyl (C=O) groups excluding carboxylic acids is 1. The Labute approximate surface area is 188 Å². The fourth-order valence-electron chi connectivity index (χ4n) is 4.05. The lowest BCUT2D eigenvalue weighted by Gasteiger charge is -2.32. The van der Waals surface area contributed by atoms with E-state index in [-0.39, 0.29) is 17.6 Å². The molecule has 1 unspecified atom stereocenters. The van der Waals surface area contributed by atoms with Crippen LogP contribution in [-0.2, 0) is 4.79 Å². The fraction of sp³-hybridized carbons (Fsp3) is 0.308. The summed E-state index contributed by atoms with van der Waals surface area (Å²) in [5.74, 6) is 0.467. The monoisotopic (exact) mass is 433 g/mol. The number of carbonyl (C=O) groups is 1. The Morgan fingerprint density at radius 3 is 2.56 bits per heavy atom. The minimum atomic E-state index is -0.475. The molecule has 32 heavy (non-hydrogen) atoms. The fourth-order valence-corrected chi connectivity index (χ4v) is 4.05. The molecule has 2 heterocycles. The number of likely N-dealkylation sites (tertiary alicyclic amines) is 1. The van der Waals surface area contributed by atoms with Gasteiger partial charge in [0.2, 0.25) is 5.91 Å². The lowest BCUT2D eigenvalue weighted by atomic mass is 9.94. The molecule has 0 saturated carbocycles. The van der Waals surface area contributed by atoms with E-state index in [4.69, 9.17) is 4.74 Å². The van der Waals surface area contributed by atoms with Gasteiger partial charge in [-0.1, -0.05) is 36.4 Å². The molecule has 3 aromatic rings. The van der Waals surface area contributed by atoms with Crippen LogP contribution in [0.1, 0.15) is 30.1 Å². The minimum Gasteiger partial charge on any atom is -0.492 e. The van der Waals surface area contributed by atoms with Crippen LogP contribution in [-0.4, -0.2) is 42.0 Å². The van der Waals surface area contributed by atoms with Crippen LogP contribution in [0.15, 0.2) is 79.0 Å². The van der Waals surface area contributed by atoms with Gasteiger partial charge in [0.05, 0.1) is 11.7 Å². The lowest BCUT2D eigenvalue weighted by Crippen LogP contribution is -2.43. The molecule has 1 aromatic heterocycles. The third-order valence-corrected chi connectivity index (χ3v) is 5.83. The number of benzene rings is 2. The maximum atomic E-state index is 13.8. The smallest absolute Gasteiger partial charge is 0.224 e. The molecule has 166 valence electrons. The standard InChI is InChI=1S/C26H28FN3O2/c27-22-8-6-7-21(19-22)25(24-11-4-5-14-28-24)29-26(31)20-12-15-30(16-13-20)17-18-32-23-9-2-1-3-10-23/h1-11,14,19-20,25H,12-13,15-18H2,(H,29,31). The molecule has 1 aliphatic rings. The van der Waals surface area contributed by atoms with Gasteiger partial charge in [0.1, 0.15) is 18.2 Å². The van der Waals surface area contributed by atoms with Crippen LogP contribution in [0.3, 0.4) is 0 Å². The van der Waals surface area contributed by atoms with Crippen molar-refractivity contribution in [3.8, 4) is 5.75 Å². The van der Waals surface area contributed by atoms with Crippen molar-refractivity contribution in [2.75, 3.05) is 26.2 Å². The van der Waals surface area contributed by atoms with Gasteiger partial charge in [-0.2, -0.15) is 0 Å². The van der Waals surface area contributed by atoms with Gasteiger partial charge in [0.15, 0.2) is 0 Å². The molecule has 2 aromatic carbocycles. The summed E-state index contributed by atoms with van der Waals surface area (Å²) in [5.41, 5.74) is 1.38. The van der Waals surface area contributed by atoms with Gasteiger partial charge in [-0.15, -0.1) is 0 Å². The number of hydrogen-bond donors (Lipinski definition) is 1. The van der Waals surface area contributed by atoms with Gasteiger partial charge in [-0.25, -0.2) is 4.39 Å². The summed E-state index contributed by atoms with van der Waals surface area (Å²) in [6.45, 7) is 3.17.